The van der Waals surface area contributed by atoms with Crippen LogP contribution in [0.4, 0.5) is 8.78 Å². The number of likely N-dealkylation sites (tertiary alicyclic amines) is 1. The van der Waals surface area contributed by atoms with Crippen molar-refractivity contribution in [3.63, 3.8) is 0 Å². The Morgan fingerprint density at radius 3 is 2.43 bits per heavy atom. The van der Waals surface area contributed by atoms with Crippen LogP contribution < -0.4 is 5.32 Å². The van der Waals surface area contributed by atoms with Gasteiger partial charge in [-0.1, -0.05) is 48.9 Å². The molecule has 2 aliphatic rings. The SMILES string of the molecule is CC(=O)N1C[C@H](F)C[C@H]1C(=O)NC(c1ccccc1)c1ccc(C2CCC2)c(F)c1. The summed E-state index contributed by atoms with van der Waals surface area (Å²) in [6, 6.07) is 13.0. The van der Waals surface area contributed by atoms with Gasteiger partial charge in [0.1, 0.15) is 18.0 Å². The molecule has 4 rings (SSSR count). The minimum Gasteiger partial charge on any atom is -0.343 e. The van der Waals surface area contributed by atoms with E-state index in [2.05, 4.69) is 5.32 Å². The molecule has 1 saturated carbocycles. The van der Waals surface area contributed by atoms with Crippen LogP contribution in [0.2, 0.25) is 0 Å². The number of hydrogen-bond donors (Lipinski definition) is 1. The van der Waals surface area contributed by atoms with Gasteiger partial charge in [0.15, 0.2) is 0 Å². The standard InChI is InChI=1S/C24H26F2N2O2/c1-15(29)28-14-19(25)13-22(28)24(30)27-23(17-6-3-2-4-7-17)18-10-11-20(21(26)12-18)16-8-5-9-16/h2-4,6-7,10-12,16,19,22-23H,5,8-9,13-14H2,1H3,(H,27,30)/t19-,22+,23?/m1/s1. The predicted octanol–water partition coefficient (Wildman–Crippen LogP) is 4.26. The van der Waals surface area contributed by atoms with E-state index in [0.717, 1.165) is 30.4 Å². The van der Waals surface area contributed by atoms with Crippen molar-refractivity contribution in [1.82, 2.24) is 10.2 Å². The highest BCUT2D eigenvalue weighted by Crippen LogP contribution is 2.38. The maximum atomic E-state index is 14.8. The van der Waals surface area contributed by atoms with Crippen molar-refractivity contribution in [2.75, 3.05) is 6.54 Å². The van der Waals surface area contributed by atoms with Crippen molar-refractivity contribution in [1.29, 1.82) is 0 Å². The first-order valence-electron chi connectivity index (χ1n) is 10.5. The van der Waals surface area contributed by atoms with Gasteiger partial charge in [0, 0.05) is 13.3 Å². The zero-order chi connectivity index (χ0) is 21.3. The molecular formula is C24H26F2N2O2. The molecule has 2 aromatic rings. The van der Waals surface area contributed by atoms with Gasteiger partial charge in [-0.25, -0.2) is 8.78 Å². The second-order valence-electron chi connectivity index (χ2n) is 8.28. The van der Waals surface area contributed by atoms with E-state index in [1.807, 2.05) is 42.5 Å². The summed E-state index contributed by atoms with van der Waals surface area (Å²) in [7, 11) is 0. The van der Waals surface area contributed by atoms with Gasteiger partial charge in [-0.2, -0.15) is 0 Å². The van der Waals surface area contributed by atoms with E-state index < -0.39 is 24.2 Å². The minimum absolute atomic E-state index is 0.0259. The van der Waals surface area contributed by atoms with E-state index in [4.69, 9.17) is 0 Å². The van der Waals surface area contributed by atoms with Crippen LogP contribution in [-0.2, 0) is 9.59 Å². The second kappa shape index (κ2) is 8.54. The Balaban J connectivity index is 1.62. The summed E-state index contributed by atoms with van der Waals surface area (Å²) >= 11 is 0. The summed E-state index contributed by atoms with van der Waals surface area (Å²) in [5.74, 6) is -0.750. The molecule has 1 N–H and O–H groups in total. The number of rotatable bonds is 5. The minimum atomic E-state index is -1.22. The van der Waals surface area contributed by atoms with Crippen LogP contribution in [0.1, 0.15) is 61.3 Å². The Labute approximate surface area is 175 Å². The lowest BCUT2D eigenvalue weighted by atomic mass is 9.79. The number of halogens is 2. The summed E-state index contributed by atoms with van der Waals surface area (Å²) in [5.41, 5.74) is 2.15. The van der Waals surface area contributed by atoms with Crippen molar-refractivity contribution in [3.8, 4) is 0 Å². The number of alkyl halides is 1. The Morgan fingerprint density at radius 2 is 1.83 bits per heavy atom. The van der Waals surface area contributed by atoms with Gasteiger partial charge in [0.2, 0.25) is 11.8 Å². The number of carbonyl (C=O) groups excluding carboxylic acids is 2. The molecule has 0 aromatic heterocycles. The van der Waals surface area contributed by atoms with Gasteiger partial charge in [-0.05, 0) is 41.5 Å². The molecule has 2 fully saturated rings. The monoisotopic (exact) mass is 412 g/mol. The number of benzene rings is 2. The summed E-state index contributed by atoms with van der Waals surface area (Å²) in [4.78, 5) is 26.1. The molecule has 3 atom stereocenters. The number of carbonyl (C=O) groups is 2. The van der Waals surface area contributed by atoms with Crippen molar-refractivity contribution in [2.45, 2.75) is 56.8 Å². The zero-order valence-electron chi connectivity index (χ0n) is 17.0. The van der Waals surface area contributed by atoms with Crippen LogP contribution in [-0.4, -0.2) is 35.5 Å². The first kappa shape index (κ1) is 20.5. The molecule has 1 aliphatic carbocycles. The average molecular weight is 412 g/mol. The van der Waals surface area contributed by atoms with Crippen LogP contribution in [0.3, 0.4) is 0 Å². The van der Waals surface area contributed by atoms with Crippen LogP contribution in [0, 0.1) is 5.82 Å². The molecular weight excluding hydrogens is 386 g/mol. The summed E-state index contributed by atoms with van der Waals surface area (Å²) in [6.07, 6.45) is 1.88. The third kappa shape index (κ3) is 4.09. The molecule has 4 nitrogen and oxygen atoms in total. The van der Waals surface area contributed by atoms with Crippen molar-refractivity contribution < 1.29 is 18.4 Å². The molecule has 1 unspecified atom stereocenters. The quantitative estimate of drug-likeness (QED) is 0.798. The second-order valence-corrected chi connectivity index (χ2v) is 8.28. The first-order chi connectivity index (χ1) is 14.4. The third-order valence-corrected chi connectivity index (χ3v) is 6.28. The van der Waals surface area contributed by atoms with E-state index in [-0.39, 0.29) is 30.6 Å². The fourth-order valence-corrected chi connectivity index (χ4v) is 4.40. The maximum Gasteiger partial charge on any atom is 0.243 e. The smallest absolute Gasteiger partial charge is 0.243 e. The van der Waals surface area contributed by atoms with Gasteiger partial charge in [0.25, 0.3) is 0 Å². The summed E-state index contributed by atoms with van der Waals surface area (Å²) in [5, 5.41) is 2.93. The molecule has 1 heterocycles. The first-order valence-corrected chi connectivity index (χ1v) is 10.5. The third-order valence-electron chi connectivity index (χ3n) is 6.28. The largest absolute Gasteiger partial charge is 0.343 e. The van der Waals surface area contributed by atoms with Crippen molar-refractivity contribution in [3.05, 3.63) is 71.0 Å². The molecule has 0 spiro atoms. The highest BCUT2D eigenvalue weighted by molar-refractivity contribution is 5.88. The van der Waals surface area contributed by atoms with Gasteiger partial charge < -0.3 is 10.2 Å². The molecule has 1 saturated heterocycles. The van der Waals surface area contributed by atoms with Gasteiger partial charge >= 0.3 is 0 Å². The Morgan fingerprint density at radius 1 is 1.10 bits per heavy atom. The highest BCUT2D eigenvalue weighted by Gasteiger charge is 2.39. The Kier molecular flexibility index (Phi) is 5.84. The van der Waals surface area contributed by atoms with E-state index in [9.17, 15) is 18.4 Å². The zero-order valence-corrected chi connectivity index (χ0v) is 17.0. The molecule has 1 aliphatic heterocycles. The maximum absolute atomic E-state index is 14.8. The van der Waals surface area contributed by atoms with Gasteiger partial charge in [-0.3, -0.25) is 9.59 Å². The van der Waals surface area contributed by atoms with Crippen LogP contribution in [0.5, 0.6) is 0 Å². The van der Waals surface area contributed by atoms with E-state index in [0.29, 0.717) is 5.56 Å². The number of nitrogens with one attached hydrogen (secondary N) is 1. The molecule has 2 amide bonds. The molecule has 2 aromatic carbocycles. The Bertz CT molecular complexity index is 930. The van der Waals surface area contributed by atoms with Crippen LogP contribution >= 0.6 is 0 Å². The molecule has 0 radical (unpaired) electrons. The molecule has 0 bridgehead atoms. The number of amides is 2. The molecule has 158 valence electrons. The fraction of sp³-hybridized carbons (Fsp3) is 0.417. The summed E-state index contributed by atoms with van der Waals surface area (Å²) < 4.78 is 28.8. The topological polar surface area (TPSA) is 49.4 Å². The average Bonchev–Trinajstić information content (AvgIpc) is 3.09. The Hall–Kier alpha value is -2.76. The van der Waals surface area contributed by atoms with Crippen molar-refractivity contribution >= 4 is 11.8 Å². The molecule has 30 heavy (non-hydrogen) atoms. The van der Waals surface area contributed by atoms with Gasteiger partial charge in [0.05, 0.1) is 12.6 Å². The van der Waals surface area contributed by atoms with E-state index in [1.54, 1.807) is 0 Å². The van der Waals surface area contributed by atoms with Crippen LogP contribution in [0.15, 0.2) is 48.5 Å². The van der Waals surface area contributed by atoms with E-state index in [1.165, 1.54) is 17.9 Å². The number of nitrogens with zero attached hydrogens (tertiary/aromatic N) is 1. The van der Waals surface area contributed by atoms with Crippen LogP contribution in [0.25, 0.3) is 0 Å². The predicted molar refractivity (Wildman–Crippen MR) is 110 cm³/mol. The van der Waals surface area contributed by atoms with Crippen molar-refractivity contribution in [2.24, 2.45) is 0 Å². The number of hydrogen-bond acceptors (Lipinski definition) is 2. The fourth-order valence-electron chi connectivity index (χ4n) is 4.40. The van der Waals surface area contributed by atoms with Gasteiger partial charge in [-0.15, -0.1) is 0 Å². The highest BCUT2D eigenvalue weighted by atomic mass is 19.1. The normalized spacial score (nSPS) is 22.4. The lowest BCUT2D eigenvalue weighted by Crippen LogP contribution is -2.46. The lowest BCUT2D eigenvalue weighted by Gasteiger charge is -2.28. The molecule has 6 heteroatoms. The summed E-state index contributed by atoms with van der Waals surface area (Å²) in [6.45, 7) is 1.26. The van der Waals surface area contributed by atoms with E-state index >= 15 is 0 Å². The lowest BCUT2D eigenvalue weighted by molar-refractivity contribution is -0.137.